The highest BCUT2D eigenvalue weighted by Gasteiger charge is 2.34. The number of rotatable bonds is 6. The standard InChI is InChI=1S/C20H19N5O4/c1-29-20(28)15-12-24(10-11-26)19(27)18(15)21-13-6-8-14(9-7-13)25-17-5-3-2-4-16(17)22-23-25/h2-9,21,26H,10-12H2,1H3. The normalized spacial score (nSPS) is 14.0. The highest BCUT2D eigenvalue weighted by molar-refractivity contribution is 6.08. The van der Waals surface area contributed by atoms with Crippen molar-refractivity contribution in [2.45, 2.75) is 0 Å². The third-order valence-corrected chi connectivity index (χ3v) is 4.69. The zero-order valence-electron chi connectivity index (χ0n) is 15.7. The Kier molecular flexibility index (Phi) is 4.96. The second-order valence-electron chi connectivity index (χ2n) is 6.46. The number of ether oxygens (including phenoxy) is 1. The molecule has 1 aliphatic rings. The number of methoxy groups -OCH3 is 1. The molecular weight excluding hydrogens is 374 g/mol. The van der Waals surface area contributed by atoms with E-state index in [1.165, 1.54) is 12.0 Å². The number of aromatic nitrogens is 3. The zero-order chi connectivity index (χ0) is 20.4. The summed E-state index contributed by atoms with van der Waals surface area (Å²) in [6.07, 6.45) is 0. The molecule has 0 atom stereocenters. The number of para-hydroxylation sites is 1. The molecule has 0 saturated carbocycles. The molecule has 9 nitrogen and oxygen atoms in total. The van der Waals surface area contributed by atoms with Crippen molar-refractivity contribution in [2.75, 3.05) is 32.1 Å². The first-order chi connectivity index (χ1) is 14.1. The number of β-amino-alcohol motifs (C(OH)–C–C–N with tert-alkyl or cyclic N) is 1. The minimum Gasteiger partial charge on any atom is -0.466 e. The summed E-state index contributed by atoms with van der Waals surface area (Å²) in [5.41, 5.74) is 3.51. The quantitative estimate of drug-likeness (QED) is 0.604. The van der Waals surface area contributed by atoms with E-state index >= 15 is 0 Å². The summed E-state index contributed by atoms with van der Waals surface area (Å²) >= 11 is 0. The van der Waals surface area contributed by atoms with Crippen LogP contribution in [0.1, 0.15) is 0 Å². The van der Waals surface area contributed by atoms with Gasteiger partial charge in [0.05, 0.1) is 37.0 Å². The maximum atomic E-state index is 12.6. The molecule has 2 heterocycles. The Morgan fingerprint density at radius 1 is 1.21 bits per heavy atom. The van der Waals surface area contributed by atoms with Crippen LogP contribution in [0.2, 0.25) is 0 Å². The fraction of sp³-hybridized carbons (Fsp3) is 0.200. The third-order valence-electron chi connectivity index (χ3n) is 4.69. The number of esters is 1. The van der Waals surface area contributed by atoms with Gasteiger partial charge in [-0.3, -0.25) is 4.79 Å². The highest BCUT2D eigenvalue weighted by atomic mass is 16.5. The number of hydrogen-bond acceptors (Lipinski definition) is 7. The summed E-state index contributed by atoms with van der Waals surface area (Å²) in [6.45, 7) is 0.0499. The fourth-order valence-corrected chi connectivity index (χ4v) is 3.24. The Hall–Kier alpha value is -3.72. The molecule has 0 unspecified atom stereocenters. The van der Waals surface area contributed by atoms with Crippen LogP contribution < -0.4 is 5.32 Å². The number of amides is 1. The van der Waals surface area contributed by atoms with Gasteiger partial charge >= 0.3 is 5.97 Å². The summed E-state index contributed by atoms with van der Waals surface area (Å²) in [7, 11) is 1.27. The summed E-state index contributed by atoms with van der Waals surface area (Å²) in [5.74, 6) is -0.933. The first-order valence-corrected chi connectivity index (χ1v) is 9.02. The molecule has 3 aromatic rings. The van der Waals surface area contributed by atoms with Gasteiger partial charge in [0.25, 0.3) is 5.91 Å². The van der Waals surface area contributed by atoms with Crippen LogP contribution in [0.15, 0.2) is 59.8 Å². The molecule has 0 spiro atoms. The summed E-state index contributed by atoms with van der Waals surface area (Å²) in [4.78, 5) is 26.1. The molecule has 0 bridgehead atoms. The van der Waals surface area contributed by atoms with Gasteiger partial charge in [-0.15, -0.1) is 5.10 Å². The van der Waals surface area contributed by atoms with Crippen molar-refractivity contribution in [1.82, 2.24) is 19.9 Å². The Balaban J connectivity index is 1.60. The number of carbonyl (C=O) groups excluding carboxylic acids is 2. The fourth-order valence-electron chi connectivity index (χ4n) is 3.24. The molecule has 29 heavy (non-hydrogen) atoms. The van der Waals surface area contributed by atoms with E-state index in [0.29, 0.717) is 5.69 Å². The van der Waals surface area contributed by atoms with E-state index in [1.54, 1.807) is 16.8 Å². The first kappa shape index (κ1) is 18.6. The maximum absolute atomic E-state index is 12.6. The Morgan fingerprint density at radius 2 is 1.97 bits per heavy atom. The molecule has 148 valence electrons. The van der Waals surface area contributed by atoms with E-state index in [-0.39, 0.29) is 36.9 Å². The third kappa shape index (κ3) is 3.43. The van der Waals surface area contributed by atoms with Crippen LogP contribution in [-0.4, -0.2) is 63.7 Å². The SMILES string of the molecule is COC(=O)C1=C(Nc2ccc(-n3nnc4ccccc43)cc2)C(=O)N(CCO)C1. The topological polar surface area (TPSA) is 110 Å². The molecule has 0 fully saturated rings. The molecule has 1 aromatic heterocycles. The van der Waals surface area contributed by atoms with Gasteiger partial charge in [0.15, 0.2) is 0 Å². The van der Waals surface area contributed by atoms with Crippen LogP contribution >= 0.6 is 0 Å². The molecule has 1 amide bonds. The Morgan fingerprint density at radius 3 is 2.69 bits per heavy atom. The lowest BCUT2D eigenvalue weighted by atomic mass is 10.2. The lowest BCUT2D eigenvalue weighted by Crippen LogP contribution is -2.31. The van der Waals surface area contributed by atoms with E-state index in [2.05, 4.69) is 15.6 Å². The van der Waals surface area contributed by atoms with Crippen molar-refractivity contribution >= 4 is 28.6 Å². The highest BCUT2D eigenvalue weighted by Crippen LogP contribution is 2.24. The lowest BCUT2D eigenvalue weighted by molar-refractivity contribution is -0.136. The number of anilines is 1. The monoisotopic (exact) mass is 393 g/mol. The van der Waals surface area contributed by atoms with E-state index in [1.807, 2.05) is 36.4 Å². The molecule has 9 heteroatoms. The van der Waals surface area contributed by atoms with Gasteiger partial charge in [-0.1, -0.05) is 17.3 Å². The zero-order valence-corrected chi connectivity index (χ0v) is 15.7. The van der Waals surface area contributed by atoms with Gasteiger partial charge in [0.2, 0.25) is 0 Å². The molecular formula is C20H19N5O4. The van der Waals surface area contributed by atoms with Crippen molar-refractivity contribution in [2.24, 2.45) is 0 Å². The van der Waals surface area contributed by atoms with Crippen molar-refractivity contribution in [3.05, 3.63) is 59.8 Å². The second-order valence-corrected chi connectivity index (χ2v) is 6.46. The Bertz CT molecular complexity index is 1100. The molecule has 0 aliphatic carbocycles. The van der Waals surface area contributed by atoms with Crippen LogP contribution in [-0.2, 0) is 14.3 Å². The van der Waals surface area contributed by atoms with Gasteiger partial charge in [-0.2, -0.15) is 0 Å². The minimum atomic E-state index is -0.577. The van der Waals surface area contributed by atoms with Crippen molar-refractivity contribution in [1.29, 1.82) is 0 Å². The van der Waals surface area contributed by atoms with Crippen LogP contribution in [0.3, 0.4) is 0 Å². The van der Waals surface area contributed by atoms with E-state index in [9.17, 15) is 9.59 Å². The lowest BCUT2D eigenvalue weighted by Gasteiger charge is -2.15. The van der Waals surface area contributed by atoms with Crippen LogP contribution in [0.5, 0.6) is 0 Å². The van der Waals surface area contributed by atoms with Gasteiger partial charge in [-0.05, 0) is 36.4 Å². The number of carbonyl (C=O) groups is 2. The van der Waals surface area contributed by atoms with Gasteiger partial charge < -0.3 is 20.1 Å². The first-order valence-electron chi connectivity index (χ1n) is 9.02. The summed E-state index contributed by atoms with van der Waals surface area (Å²) in [6, 6.07) is 14.9. The number of fused-ring (bicyclic) bond motifs is 1. The average Bonchev–Trinajstić information content (AvgIpc) is 3.31. The number of aliphatic hydroxyl groups is 1. The van der Waals surface area contributed by atoms with Gasteiger partial charge in [-0.25, -0.2) is 9.48 Å². The molecule has 1 aliphatic heterocycles. The van der Waals surface area contributed by atoms with Gasteiger partial charge in [0, 0.05) is 12.2 Å². The molecule has 0 radical (unpaired) electrons. The van der Waals surface area contributed by atoms with Crippen molar-refractivity contribution < 1.29 is 19.4 Å². The van der Waals surface area contributed by atoms with Crippen molar-refractivity contribution in [3.63, 3.8) is 0 Å². The number of benzene rings is 2. The average molecular weight is 393 g/mol. The van der Waals surface area contributed by atoms with Gasteiger partial charge in [0.1, 0.15) is 11.2 Å². The minimum absolute atomic E-state index is 0.0947. The van der Waals surface area contributed by atoms with Crippen LogP contribution in [0.25, 0.3) is 16.7 Å². The summed E-state index contributed by atoms with van der Waals surface area (Å²) in [5, 5.41) is 20.5. The predicted molar refractivity (Wildman–Crippen MR) is 105 cm³/mol. The maximum Gasteiger partial charge on any atom is 0.337 e. The van der Waals surface area contributed by atoms with E-state index < -0.39 is 5.97 Å². The largest absolute Gasteiger partial charge is 0.466 e. The molecule has 0 saturated heterocycles. The second kappa shape index (κ2) is 7.72. The number of aliphatic hydroxyl groups excluding tert-OH is 1. The smallest absolute Gasteiger partial charge is 0.337 e. The van der Waals surface area contributed by atoms with Crippen molar-refractivity contribution in [3.8, 4) is 5.69 Å². The number of nitrogens with one attached hydrogen (secondary N) is 1. The number of hydrogen-bond donors (Lipinski definition) is 2. The summed E-state index contributed by atoms with van der Waals surface area (Å²) < 4.78 is 6.51. The van der Waals surface area contributed by atoms with Crippen LogP contribution in [0.4, 0.5) is 5.69 Å². The van der Waals surface area contributed by atoms with E-state index in [0.717, 1.165) is 16.7 Å². The number of nitrogens with zero attached hydrogens (tertiary/aromatic N) is 4. The van der Waals surface area contributed by atoms with E-state index in [4.69, 9.17) is 9.84 Å². The molecule has 2 N–H and O–H groups in total. The Labute approximate surface area is 166 Å². The van der Waals surface area contributed by atoms with Crippen LogP contribution in [0, 0.1) is 0 Å². The predicted octanol–water partition coefficient (Wildman–Crippen LogP) is 1.09. The molecule has 2 aromatic carbocycles. The molecule has 4 rings (SSSR count).